The highest BCUT2D eigenvalue weighted by Gasteiger charge is 2.23. The van der Waals surface area contributed by atoms with Gasteiger partial charge in [0.2, 0.25) is 0 Å². The summed E-state index contributed by atoms with van der Waals surface area (Å²) in [7, 11) is 0. The molecule has 1 saturated heterocycles. The van der Waals surface area contributed by atoms with E-state index in [-0.39, 0.29) is 17.5 Å². The molecule has 4 rings (SSSR count). The van der Waals surface area contributed by atoms with Crippen LogP contribution in [0.3, 0.4) is 0 Å². The second-order valence-electron chi connectivity index (χ2n) is 7.12. The summed E-state index contributed by atoms with van der Waals surface area (Å²) in [4.78, 5) is 41.6. The topological polar surface area (TPSA) is 84.2 Å². The van der Waals surface area contributed by atoms with Gasteiger partial charge in [0.05, 0.1) is 23.4 Å². The Morgan fingerprint density at radius 2 is 1.86 bits per heavy atom. The largest absolute Gasteiger partial charge is 0.368 e. The predicted molar refractivity (Wildman–Crippen MR) is 107 cm³/mol. The average Bonchev–Trinajstić information content (AvgIpc) is 2.73. The van der Waals surface area contributed by atoms with Gasteiger partial charge in [0.25, 0.3) is 11.5 Å². The van der Waals surface area contributed by atoms with E-state index >= 15 is 0 Å². The molecule has 1 amide bonds. The Labute approximate surface area is 162 Å². The second-order valence-corrected chi connectivity index (χ2v) is 7.12. The van der Waals surface area contributed by atoms with Gasteiger partial charge in [0, 0.05) is 50.3 Å². The Morgan fingerprint density at radius 1 is 1.07 bits per heavy atom. The highest BCUT2D eigenvalue weighted by atomic mass is 16.2. The Hall–Kier alpha value is -3.29. The maximum Gasteiger partial charge on any atom is 0.274 e. The molecule has 0 aliphatic carbocycles. The van der Waals surface area contributed by atoms with Gasteiger partial charge < -0.3 is 9.80 Å². The maximum atomic E-state index is 12.6. The number of nitrogens with zero attached hydrogens (tertiary/aromatic N) is 6. The molecule has 28 heavy (non-hydrogen) atoms. The minimum absolute atomic E-state index is 0.0223. The SMILES string of the molecule is CC(C)n1cnc2cc(N3CCN(C(=O)c4cnccn4)CC3)ccc2c1=O. The first-order valence-corrected chi connectivity index (χ1v) is 9.36. The third-order valence-corrected chi connectivity index (χ3v) is 5.04. The van der Waals surface area contributed by atoms with Gasteiger partial charge in [-0.15, -0.1) is 0 Å². The van der Waals surface area contributed by atoms with E-state index in [9.17, 15) is 9.59 Å². The van der Waals surface area contributed by atoms with Crippen molar-refractivity contribution >= 4 is 22.5 Å². The molecule has 2 aromatic heterocycles. The first kappa shape index (κ1) is 18.1. The Balaban J connectivity index is 1.50. The van der Waals surface area contributed by atoms with E-state index in [1.807, 2.05) is 32.0 Å². The van der Waals surface area contributed by atoms with E-state index in [2.05, 4.69) is 19.9 Å². The smallest absolute Gasteiger partial charge is 0.274 e. The van der Waals surface area contributed by atoms with Crippen molar-refractivity contribution in [3.8, 4) is 0 Å². The van der Waals surface area contributed by atoms with Crippen LogP contribution in [0.25, 0.3) is 10.9 Å². The van der Waals surface area contributed by atoms with Crippen LogP contribution in [0.1, 0.15) is 30.4 Å². The van der Waals surface area contributed by atoms with Crippen molar-refractivity contribution in [2.45, 2.75) is 19.9 Å². The Bertz CT molecular complexity index is 1060. The molecule has 1 aliphatic heterocycles. The van der Waals surface area contributed by atoms with Crippen LogP contribution in [-0.2, 0) is 0 Å². The Morgan fingerprint density at radius 3 is 2.54 bits per heavy atom. The van der Waals surface area contributed by atoms with Crippen LogP contribution in [0.4, 0.5) is 5.69 Å². The van der Waals surface area contributed by atoms with Crippen LogP contribution in [0.15, 0.2) is 47.9 Å². The lowest BCUT2D eigenvalue weighted by molar-refractivity contribution is 0.0740. The van der Waals surface area contributed by atoms with Crippen molar-refractivity contribution in [3.05, 3.63) is 59.2 Å². The fourth-order valence-electron chi connectivity index (χ4n) is 3.43. The van der Waals surface area contributed by atoms with E-state index < -0.39 is 0 Å². The van der Waals surface area contributed by atoms with Crippen molar-refractivity contribution in [1.29, 1.82) is 0 Å². The standard InChI is InChI=1S/C20H22N6O2/c1-14(2)26-13-23-17-11-15(3-4-16(17)19(26)27)24-7-9-25(10-8-24)20(28)18-12-21-5-6-22-18/h3-6,11-14H,7-10H2,1-2H3. The van der Waals surface area contributed by atoms with E-state index in [4.69, 9.17) is 0 Å². The van der Waals surface area contributed by atoms with Crippen molar-refractivity contribution in [2.24, 2.45) is 0 Å². The molecule has 1 aliphatic rings. The first-order valence-electron chi connectivity index (χ1n) is 9.36. The molecule has 1 fully saturated rings. The van der Waals surface area contributed by atoms with Crippen LogP contribution in [-0.4, -0.2) is 56.5 Å². The highest BCUT2D eigenvalue weighted by molar-refractivity contribution is 5.92. The van der Waals surface area contributed by atoms with Gasteiger partial charge in [-0.2, -0.15) is 0 Å². The van der Waals surface area contributed by atoms with E-state index in [0.717, 1.165) is 5.69 Å². The minimum Gasteiger partial charge on any atom is -0.368 e. The van der Waals surface area contributed by atoms with Gasteiger partial charge in [-0.25, -0.2) is 9.97 Å². The molecule has 144 valence electrons. The molecule has 0 bridgehead atoms. The lowest BCUT2D eigenvalue weighted by atomic mass is 10.2. The molecule has 1 aromatic carbocycles. The highest BCUT2D eigenvalue weighted by Crippen LogP contribution is 2.21. The molecule has 3 heterocycles. The number of rotatable bonds is 3. The normalized spacial score (nSPS) is 14.7. The molecule has 0 atom stereocenters. The van der Waals surface area contributed by atoms with E-state index in [0.29, 0.717) is 42.8 Å². The van der Waals surface area contributed by atoms with Crippen molar-refractivity contribution in [1.82, 2.24) is 24.4 Å². The number of hydrogen-bond donors (Lipinski definition) is 0. The number of aromatic nitrogens is 4. The third-order valence-electron chi connectivity index (χ3n) is 5.04. The maximum absolute atomic E-state index is 12.6. The zero-order valence-electron chi connectivity index (χ0n) is 15.9. The van der Waals surface area contributed by atoms with Crippen molar-refractivity contribution in [3.63, 3.8) is 0 Å². The number of fused-ring (bicyclic) bond motifs is 1. The van der Waals surface area contributed by atoms with Gasteiger partial charge in [0.1, 0.15) is 5.69 Å². The van der Waals surface area contributed by atoms with Gasteiger partial charge in [-0.1, -0.05) is 0 Å². The quantitative estimate of drug-likeness (QED) is 0.690. The minimum atomic E-state index is -0.0952. The zero-order chi connectivity index (χ0) is 19.7. The van der Waals surface area contributed by atoms with Gasteiger partial charge in [-0.3, -0.25) is 19.1 Å². The lowest BCUT2D eigenvalue weighted by Crippen LogP contribution is -2.49. The van der Waals surface area contributed by atoms with Crippen LogP contribution in [0.2, 0.25) is 0 Å². The molecule has 0 saturated carbocycles. The predicted octanol–water partition coefficient (Wildman–Crippen LogP) is 1.73. The van der Waals surface area contributed by atoms with Gasteiger partial charge >= 0.3 is 0 Å². The third kappa shape index (κ3) is 3.33. The summed E-state index contributed by atoms with van der Waals surface area (Å²) in [5, 5.41) is 0.622. The molecular weight excluding hydrogens is 356 g/mol. The summed E-state index contributed by atoms with van der Waals surface area (Å²) in [6.45, 7) is 6.56. The lowest BCUT2D eigenvalue weighted by Gasteiger charge is -2.36. The van der Waals surface area contributed by atoms with Crippen LogP contribution >= 0.6 is 0 Å². The van der Waals surface area contributed by atoms with Crippen molar-refractivity contribution in [2.75, 3.05) is 31.1 Å². The summed E-state index contributed by atoms with van der Waals surface area (Å²) in [6, 6.07) is 5.82. The zero-order valence-corrected chi connectivity index (χ0v) is 15.9. The fraction of sp³-hybridized carbons (Fsp3) is 0.350. The Kier molecular flexibility index (Phi) is 4.77. The molecule has 8 nitrogen and oxygen atoms in total. The molecule has 8 heteroatoms. The summed E-state index contributed by atoms with van der Waals surface area (Å²) in [5.74, 6) is -0.0952. The number of piperazine rings is 1. The summed E-state index contributed by atoms with van der Waals surface area (Å²) in [5.41, 5.74) is 2.05. The average molecular weight is 378 g/mol. The van der Waals surface area contributed by atoms with Gasteiger partial charge in [0.15, 0.2) is 0 Å². The molecular formula is C20H22N6O2. The van der Waals surface area contributed by atoms with Crippen LogP contribution in [0.5, 0.6) is 0 Å². The van der Waals surface area contributed by atoms with E-state index in [1.165, 1.54) is 12.4 Å². The summed E-state index contributed by atoms with van der Waals surface area (Å²) < 4.78 is 1.64. The summed E-state index contributed by atoms with van der Waals surface area (Å²) >= 11 is 0. The first-order chi connectivity index (χ1) is 13.5. The van der Waals surface area contributed by atoms with E-state index in [1.54, 1.807) is 22.0 Å². The summed E-state index contributed by atoms with van der Waals surface area (Å²) in [6.07, 6.45) is 6.18. The van der Waals surface area contributed by atoms with Crippen molar-refractivity contribution < 1.29 is 4.79 Å². The number of amides is 1. The second kappa shape index (κ2) is 7.38. The molecule has 0 N–H and O–H groups in total. The number of carbonyl (C=O) groups excluding carboxylic acids is 1. The molecule has 0 spiro atoms. The monoisotopic (exact) mass is 378 g/mol. The van der Waals surface area contributed by atoms with Crippen LogP contribution in [0, 0.1) is 0 Å². The van der Waals surface area contributed by atoms with Crippen LogP contribution < -0.4 is 10.5 Å². The molecule has 3 aromatic rings. The molecule has 0 radical (unpaired) electrons. The number of benzene rings is 1. The number of hydrogen-bond acceptors (Lipinski definition) is 6. The number of anilines is 1. The fourth-order valence-corrected chi connectivity index (χ4v) is 3.43. The number of carbonyl (C=O) groups is 1. The van der Waals surface area contributed by atoms with Gasteiger partial charge in [-0.05, 0) is 32.0 Å². The molecule has 0 unspecified atom stereocenters.